The summed E-state index contributed by atoms with van der Waals surface area (Å²) in [5.41, 5.74) is 1.34. The second-order valence-electron chi connectivity index (χ2n) is 6.10. The van der Waals surface area contributed by atoms with Gasteiger partial charge in [-0.05, 0) is 41.5 Å². The summed E-state index contributed by atoms with van der Waals surface area (Å²) in [5.74, 6) is -2.61. The smallest absolute Gasteiger partial charge is 0.328 e. The molecule has 8 nitrogen and oxygen atoms in total. The minimum atomic E-state index is -1.13. The van der Waals surface area contributed by atoms with Gasteiger partial charge in [-0.1, -0.05) is 6.07 Å². The lowest BCUT2D eigenvalue weighted by Crippen LogP contribution is -2.18. The Morgan fingerprint density at radius 2 is 1.79 bits per heavy atom. The maximum absolute atomic E-state index is 12.0. The Kier molecular flexibility index (Phi) is 5.12. The number of ether oxygens (including phenoxy) is 3. The highest BCUT2D eigenvalue weighted by Gasteiger charge is 2.42. The Morgan fingerprint density at radius 3 is 2.39 bits per heavy atom. The Balaban J connectivity index is 2.11. The highest BCUT2D eigenvalue weighted by atomic mass is 16.5. The van der Waals surface area contributed by atoms with Gasteiger partial charge in [0.05, 0.1) is 14.2 Å². The number of rotatable bonds is 6. The van der Waals surface area contributed by atoms with E-state index in [9.17, 15) is 19.8 Å². The van der Waals surface area contributed by atoms with Crippen LogP contribution in [0, 0.1) is 0 Å². The average Bonchev–Trinajstić information content (AvgIpc) is 3.05. The first kappa shape index (κ1) is 19.1. The molecule has 1 aliphatic heterocycles. The second-order valence-corrected chi connectivity index (χ2v) is 6.10. The summed E-state index contributed by atoms with van der Waals surface area (Å²) in [7, 11) is 2.80. The van der Waals surface area contributed by atoms with Crippen LogP contribution in [0.15, 0.2) is 36.4 Å². The molecule has 0 saturated heterocycles. The summed E-state index contributed by atoms with van der Waals surface area (Å²) in [6, 6.07) is 7.60. The van der Waals surface area contributed by atoms with Gasteiger partial charge in [0.2, 0.25) is 0 Å². The summed E-state index contributed by atoms with van der Waals surface area (Å²) < 4.78 is 16.3. The first-order chi connectivity index (χ1) is 13.3. The summed E-state index contributed by atoms with van der Waals surface area (Å²) in [5, 5.41) is 28.5. The van der Waals surface area contributed by atoms with Gasteiger partial charge in [-0.15, -0.1) is 0 Å². The Morgan fingerprint density at radius 1 is 1.07 bits per heavy atom. The van der Waals surface area contributed by atoms with Crippen LogP contribution in [0.5, 0.6) is 23.0 Å². The molecule has 8 heteroatoms. The van der Waals surface area contributed by atoms with Crippen LogP contribution in [0.1, 0.15) is 28.7 Å². The summed E-state index contributed by atoms with van der Waals surface area (Å²) in [6.07, 6.45) is 1.42. The van der Waals surface area contributed by atoms with Crippen molar-refractivity contribution in [2.24, 2.45) is 0 Å². The van der Waals surface area contributed by atoms with Crippen molar-refractivity contribution in [2.45, 2.75) is 12.0 Å². The minimum Gasteiger partial charge on any atom is -0.504 e. The fourth-order valence-corrected chi connectivity index (χ4v) is 3.17. The van der Waals surface area contributed by atoms with E-state index in [1.807, 2.05) is 0 Å². The molecule has 0 aliphatic carbocycles. The largest absolute Gasteiger partial charge is 0.504 e. The number of carboxylic acids is 2. The first-order valence-electron chi connectivity index (χ1n) is 8.25. The number of aliphatic carboxylic acids is 2. The SMILES string of the molecule is COc1cc([C@@H]2Oc3c(OC)cc(/C=C/C(=O)O)cc3[C@@H]2C(=O)O)ccc1O. The van der Waals surface area contributed by atoms with Crippen LogP contribution in [0.3, 0.4) is 0 Å². The Bertz CT molecular complexity index is 963. The lowest BCUT2D eigenvalue weighted by Gasteiger charge is -2.17. The topological polar surface area (TPSA) is 123 Å². The van der Waals surface area contributed by atoms with E-state index in [1.165, 1.54) is 32.4 Å². The van der Waals surface area contributed by atoms with E-state index in [-0.39, 0.29) is 17.2 Å². The van der Waals surface area contributed by atoms with Crippen molar-refractivity contribution in [1.29, 1.82) is 0 Å². The van der Waals surface area contributed by atoms with Crippen LogP contribution < -0.4 is 14.2 Å². The Labute approximate surface area is 160 Å². The fourth-order valence-electron chi connectivity index (χ4n) is 3.17. The number of hydrogen-bond acceptors (Lipinski definition) is 6. The molecule has 2 aromatic rings. The Hall–Kier alpha value is -3.68. The number of benzene rings is 2. The predicted molar refractivity (Wildman–Crippen MR) is 98.1 cm³/mol. The lowest BCUT2D eigenvalue weighted by molar-refractivity contribution is -0.140. The van der Waals surface area contributed by atoms with Crippen molar-refractivity contribution in [3.8, 4) is 23.0 Å². The molecule has 0 aromatic heterocycles. The number of methoxy groups -OCH3 is 2. The average molecular weight is 386 g/mol. The highest BCUT2D eigenvalue weighted by molar-refractivity contribution is 5.86. The number of hydrogen-bond donors (Lipinski definition) is 3. The molecule has 0 unspecified atom stereocenters. The van der Waals surface area contributed by atoms with Crippen LogP contribution in [0.4, 0.5) is 0 Å². The van der Waals surface area contributed by atoms with E-state index in [1.54, 1.807) is 18.2 Å². The van der Waals surface area contributed by atoms with Crippen LogP contribution in [0.25, 0.3) is 6.08 Å². The van der Waals surface area contributed by atoms with E-state index in [4.69, 9.17) is 19.3 Å². The molecule has 1 aliphatic rings. The van der Waals surface area contributed by atoms with Crippen LogP contribution in [-0.4, -0.2) is 41.5 Å². The second kappa shape index (κ2) is 7.51. The van der Waals surface area contributed by atoms with Gasteiger partial charge in [0.1, 0.15) is 12.0 Å². The van der Waals surface area contributed by atoms with Gasteiger partial charge in [0.15, 0.2) is 23.0 Å². The molecular weight excluding hydrogens is 368 g/mol. The molecule has 28 heavy (non-hydrogen) atoms. The number of aromatic hydroxyl groups is 1. The predicted octanol–water partition coefficient (Wildman–Crippen LogP) is 2.81. The van der Waals surface area contributed by atoms with Crippen molar-refractivity contribution in [1.82, 2.24) is 0 Å². The molecule has 0 saturated carbocycles. The molecule has 2 atom stereocenters. The zero-order valence-corrected chi connectivity index (χ0v) is 15.1. The maximum atomic E-state index is 12.0. The third kappa shape index (κ3) is 3.44. The molecule has 3 N–H and O–H groups in total. The van der Waals surface area contributed by atoms with Gasteiger partial charge in [-0.25, -0.2) is 4.79 Å². The molecule has 2 aromatic carbocycles. The summed E-state index contributed by atoms with van der Waals surface area (Å²) >= 11 is 0. The van der Waals surface area contributed by atoms with E-state index >= 15 is 0 Å². The summed E-state index contributed by atoms with van der Waals surface area (Å²) in [4.78, 5) is 22.8. The summed E-state index contributed by atoms with van der Waals surface area (Å²) in [6.45, 7) is 0. The minimum absolute atomic E-state index is 0.0766. The van der Waals surface area contributed by atoms with Gasteiger partial charge in [0.25, 0.3) is 0 Å². The number of carbonyl (C=O) groups is 2. The fraction of sp³-hybridized carbons (Fsp3) is 0.200. The van der Waals surface area contributed by atoms with Crippen molar-refractivity contribution < 1.29 is 39.1 Å². The third-order valence-electron chi connectivity index (χ3n) is 4.43. The van der Waals surface area contributed by atoms with Gasteiger partial charge >= 0.3 is 11.9 Å². The molecule has 3 rings (SSSR count). The molecule has 0 amide bonds. The standard InChI is InChI=1S/C20H18O8/c1-26-14-9-11(4-5-13(14)21)18-17(20(24)25)12-7-10(3-6-16(22)23)8-15(27-2)19(12)28-18/h3-9,17-18,21H,1-2H3,(H,22,23)(H,24,25)/b6-3+/t17-,18-/m0/s1. The molecule has 0 radical (unpaired) electrons. The van der Waals surface area contributed by atoms with E-state index in [2.05, 4.69) is 0 Å². The van der Waals surface area contributed by atoms with Gasteiger partial charge in [-0.2, -0.15) is 0 Å². The normalized spacial score (nSPS) is 17.8. The number of phenolic OH excluding ortho intramolecular Hbond substituents is 1. The lowest BCUT2D eigenvalue weighted by atomic mass is 9.90. The first-order valence-corrected chi connectivity index (χ1v) is 8.25. The van der Waals surface area contributed by atoms with Gasteiger partial charge in [-0.3, -0.25) is 4.79 Å². The van der Waals surface area contributed by atoms with Crippen molar-refractivity contribution in [2.75, 3.05) is 14.2 Å². The van der Waals surface area contributed by atoms with Gasteiger partial charge in [0, 0.05) is 11.6 Å². The van der Waals surface area contributed by atoms with Crippen LogP contribution in [0.2, 0.25) is 0 Å². The van der Waals surface area contributed by atoms with Crippen molar-refractivity contribution in [3.05, 3.63) is 53.1 Å². The molecule has 146 valence electrons. The van der Waals surface area contributed by atoms with Crippen LogP contribution >= 0.6 is 0 Å². The maximum Gasteiger partial charge on any atom is 0.328 e. The molecule has 0 fully saturated rings. The highest BCUT2D eigenvalue weighted by Crippen LogP contribution is 2.51. The number of carboxylic acid groups (broad SMARTS) is 2. The van der Waals surface area contributed by atoms with E-state index in [0.717, 1.165) is 6.08 Å². The van der Waals surface area contributed by atoms with Crippen molar-refractivity contribution >= 4 is 18.0 Å². The molecule has 0 bridgehead atoms. The number of fused-ring (bicyclic) bond motifs is 1. The quantitative estimate of drug-likeness (QED) is 0.648. The van der Waals surface area contributed by atoms with Gasteiger partial charge < -0.3 is 29.5 Å². The molecule has 1 heterocycles. The number of phenols is 1. The van der Waals surface area contributed by atoms with Crippen LogP contribution in [-0.2, 0) is 9.59 Å². The van der Waals surface area contributed by atoms with Crippen molar-refractivity contribution in [3.63, 3.8) is 0 Å². The molecular formula is C20H18O8. The zero-order chi connectivity index (χ0) is 20.4. The molecule has 0 spiro atoms. The zero-order valence-electron chi connectivity index (χ0n) is 15.1. The van der Waals surface area contributed by atoms with E-state index in [0.29, 0.717) is 22.4 Å². The third-order valence-corrected chi connectivity index (χ3v) is 4.43. The van der Waals surface area contributed by atoms with E-state index < -0.39 is 24.0 Å². The monoisotopic (exact) mass is 386 g/mol.